The third-order valence-electron chi connectivity index (χ3n) is 2.81. The Morgan fingerprint density at radius 2 is 1.87 bits per heavy atom. The number of para-hydroxylation sites is 1. The number of nitrogens with two attached hydrogens (primary N) is 1. The largest absolute Gasteiger partial charge is 0.508 e. The third-order valence-corrected chi connectivity index (χ3v) is 2.81. The highest BCUT2D eigenvalue weighted by Gasteiger charge is 2.09. The quantitative estimate of drug-likeness (QED) is 0.545. The Bertz CT molecular complexity index is 726. The fraction of sp³-hybridized carbons (Fsp3) is 0.0625. The zero-order valence-electron chi connectivity index (χ0n) is 12.1. The van der Waals surface area contributed by atoms with E-state index in [-0.39, 0.29) is 23.7 Å². The highest BCUT2D eigenvalue weighted by atomic mass is 16.5. The van der Waals surface area contributed by atoms with Crippen LogP contribution in [0, 0.1) is 0 Å². The van der Waals surface area contributed by atoms with Crippen LogP contribution in [0.4, 0.5) is 0 Å². The standard InChI is InChI=1S/C16H15N3O4/c17-16(22)13-3-1-2-4-14(13)23-10-15(21)19-18-9-11-5-7-12(20)8-6-11/h1-9,20H,10H2,(H2,17,22)(H,19,21)/b18-9+. The second-order valence-corrected chi connectivity index (χ2v) is 4.53. The molecule has 2 rings (SSSR count). The Balaban J connectivity index is 1.86. The van der Waals surface area contributed by atoms with E-state index in [0.29, 0.717) is 5.56 Å². The van der Waals surface area contributed by atoms with Crippen LogP contribution in [-0.4, -0.2) is 29.7 Å². The number of nitrogens with one attached hydrogen (secondary N) is 1. The zero-order chi connectivity index (χ0) is 16.7. The summed E-state index contributed by atoms with van der Waals surface area (Å²) in [7, 11) is 0. The number of carbonyl (C=O) groups is 2. The molecule has 0 aliphatic rings. The molecule has 0 aromatic heterocycles. The smallest absolute Gasteiger partial charge is 0.277 e. The molecule has 0 aliphatic heterocycles. The highest BCUT2D eigenvalue weighted by molar-refractivity contribution is 5.95. The van der Waals surface area contributed by atoms with Crippen molar-refractivity contribution in [2.45, 2.75) is 0 Å². The van der Waals surface area contributed by atoms with E-state index in [9.17, 15) is 9.59 Å². The number of nitrogens with zero attached hydrogens (tertiary/aromatic N) is 1. The number of amides is 2. The van der Waals surface area contributed by atoms with Gasteiger partial charge in [0, 0.05) is 0 Å². The van der Waals surface area contributed by atoms with Crippen molar-refractivity contribution in [1.82, 2.24) is 5.43 Å². The van der Waals surface area contributed by atoms with Gasteiger partial charge in [-0.15, -0.1) is 0 Å². The molecule has 7 heteroatoms. The van der Waals surface area contributed by atoms with Crippen molar-refractivity contribution in [2.24, 2.45) is 10.8 Å². The van der Waals surface area contributed by atoms with Crippen LogP contribution in [0.2, 0.25) is 0 Å². The first-order chi connectivity index (χ1) is 11.1. The SMILES string of the molecule is NC(=O)c1ccccc1OCC(=O)N/N=C/c1ccc(O)cc1. The number of hydrazone groups is 1. The second-order valence-electron chi connectivity index (χ2n) is 4.53. The van der Waals surface area contributed by atoms with Gasteiger partial charge in [0.25, 0.3) is 11.8 Å². The van der Waals surface area contributed by atoms with E-state index in [0.717, 1.165) is 0 Å². The molecule has 0 saturated carbocycles. The van der Waals surface area contributed by atoms with Gasteiger partial charge < -0.3 is 15.6 Å². The lowest BCUT2D eigenvalue weighted by Crippen LogP contribution is -2.25. The molecule has 2 amide bonds. The van der Waals surface area contributed by atoms with Crippen LogP contribution in [0.25, 0.3) is 0 Å². The Labute approximate surface area is 132 Å². The van der Waals surface area contributed by atoms with Crippen LogP contribution in [-0.2, 0) is 4.79 Å². The number of carbonyl (C=O) groups excluding carboxylic acids is 2. The molecule has 0 unspecified atom stereocenters. The number of benzene rings is 2. The van der Waals surface area contributed by atoms with Crippen LogP contribution in [0.15, 0.2) is 53.6 Å². The first-order valence-electron chi connectivity index (χ1n) is 6.69. The predicted octanol–water partition coefficient (Wildman–Crippen LogP) is 1.02. The predicted molar refractivity (Wildman–Crippen MR) is 84.3 cm³/mol. The molecule has 2 aromatic rings. The minimum Gasteiger partial charge on any atom is -0.508 e. The van der Waals surface area contributed by atoms with Crippen molar-refractivity contribution in [1.29, 1.82) is 0 Å². The zero-order valence-corrected chi connectivity index (χ0v) is 12.1. The van der Waals surface area contributed by atoms with Crippen molar-refractivity contribution >= 4 is 18.0 Å². The molecular formula is C16H15N3O4. The number of aromatic hydroxyl groups is 1. The van der Waals surface area contributed by atoms with Gasteiger partial charge in [0.2, 0.25) is 0 Å². The molecule has 7 nitrogen and oxygen atoms in total. The van der Waals surface area contributed by atoms with Crippen molar-refractivity contribution in [3.8, 4) is 11.5 Å². The molecule has 0 bridgehead atoms. The van der Waals surface area contributed by atoms with Crippen LogP contribution in [0.5, 0.6) is 11.5 Å². The van der Waals surface area contributed by atoms with E-state index < -0.39 is 11.8 Å². The number of hydrogen-bond donors (Lipinski definition) is 3. The molecule has 0 aliphatic carbocycles. The molecule has 4 N–H and O–H groups in total. The number of rotatable bonds is 6. The molecule has 0 radical (unpaired) electrons. The summed E-state index contributed by atoms with van der Waals surface area (Å²) < 4.78 is 5.26. The second kappa shape index (κ2) is 7.60. The molecule has 0 fully saturated rings. The van der Waals surface area contributed by atoms with E-state index in [2.05, 4.69) is 10.5 Å². The van der Waals surface area contributed by atoms with Gasteiger partial charge in [-0.2, -0.15) is 5.10 Å². The molecule has 2 aromatic carbocycles. The molecule has 0 spiro atoms. The monoisotopic (exact) mass is 313 g/mol. The fourth-order valence-corrected chi connectivity index (χ4v) is 1.71. The van der Waals surface area contributed by atoms with Crippen molar-refractivity contribution in [2.75, 3.05) is 6.61 Å². The van der Waals surface area contributed by atoms with Crippen molar-refractivity contribution < 1.29 is 19.4 Å². The van der Waals surface area contributed by atoms with Gasteiger partial charge in [-0.25, -0.2) is 5.43 Å². The molecule has 0 heterocycles. The molecule has 23 heavy (non-hydrogen) atoms. The summed E-state index contributed by atoms with van der Waals surface area (Å²) in [5.41, 5.74) is 8.42. The molecular weight excluding hydrogens is 298 g/mol. The summed E-state index contributed by atoms with van der Waals surface area (Å²) in [6.07, 6.45) is 1.43. The fourth-order valence-electron chi connectivity index (χ4n) is 1.71. The topological polar surface area (TPSA) is 114 Å². The normalized spacial score (nSPS) is 10.4. The third kappa shape index (κ3) is 4.85. The number of hydrogen-bond acceptors (Lipinski definition) is 5. The van der Waals surface area contributed by atoms with Gasteiger partial charge in [-0.1, -0.05) is 12.1 Å². The van der Waals surface area contributed by atoms with Crippen LogP contribution in [0.3, 0.4) is 0 Å². The van der Waals surface area contributed by atoms with Gasteiger partial charge in [-0.3, -0.25) is 9.59 Å². The minimum atomic E-state index is -0.633. The van der Waals surface area contributed by atoms with E-state index in [4.69, 9.17) is 15.6 Å². The maximum Gasteiger partial charge on any atom is 0.277 e. The number of primary amides is 1. The maximum atomic E-state index is 11.6. The summed E-state index contributed by atoms with van der Waals surface area (Å²) in [4.78, 5) is 22.9. The highest BCUT2D eigenvalue weighted by Crippen LogP contribution is 2.16. The summed E-state index contributed by atoms with van der Waals surface area (Å²) in [6, 6.07) is 12.7. The van der Waals surface area contributed by atoms with Crippen molar-refractivity contribution in [3.05, 3.63) is 59.7 Å². The lowest BCUT2D eigenvalue weighted by Gasteiger charge is -2.08. The van der Waals surface area contributed by atoms with E-state index in [1.54, 1.807) is 30.3 Å². The number of phenols is 1. The van der Waals surface area contributed by atoms with E-state index in [1.807, 2.05) is 0 Å². The number of ether oxygens (including phenoxy) is 1. The Kier molecular flexibility index (Phi) is 5.30. The van der Waals surface area contributed by atoms with Crippen LogP contribution >= 0.6 is 0 Å². The van der Waals surface area contributed by atoms with Gasteiger partial charge in [0.05, 0.1) is 11.8 Å². The van der Waals surface area contributed by atoms with E-state index >= 15 is 0 Å². The molecule has 0 saturated heterocycles. The Hall–Kier alpha value is -3.35. The van der Waals surface area contributed by atoms with Gasteiger partial charge in [0.1, 0.15) is 11.5 Å². The maximum absolute atomic E-state index is 11.6. The average Bonchev–Trinajstić information content (AvgIpc) is 2.55. The van der Waals surface area contributed by atoms with E-state index in [1.165, 1.54) is 24.4 Å². The number of phenolic OH excluding ortho intramolecular Hbond substituents is 1. The van der Waals surface area contributed by atoms with Gasteiger partial charge in [-0.05, 0) is 42.0 Å². The summed E-state index contributed by atoms with van der Waals surface area (Å²) >= 11 is 0. The van der Waals surface area contributed by atoms with Crippen LogP contribution < -0.4 is 15.9 Å². The molecule has 118 valence electrons. The first-order valence-corrected chi connectivity index (χ1v) is 6.69. The van der Waals surface area contributed by atoms with Crippen LogP contribution in [0.1, 0.15) is 15.9 Å². The lowest BCUT2D eigenvalue weighted by atomic mass is 10.2. The Morgan fingerprint density at radius 3 is 2.57 bits per heavy atom. The van der Waals surface area contributed by atoms with Crippen molar-refractivity contribution in [3.63, 3.8) is 0 Å². The summed E-state index contributed by atoms with van der Waals surface area (Å²) in [5.74, 6) is -0.740. The van der Waals surface area contributed by atoms with Gasteiger partial charge >= 0.3 is 0 Å². The minimum absolute atomic E-state index is 0.146. The summed E-state index contributed by atoms with van der Waals surface area (Å²) in [6.45, 7) is -0.308. The molecule has 0 atom stereocenters. The summed E-state index contributed by atoms with van der Waals surface area (Å²) in [5, 5.41) is 12.9. The Morgan fingerprint density at radius 1 is 1.17 bits per heavy atom. The average molecular weight is 313 g/mol. The lowest BCUT2D eigenvalue weighted by molar-refractivity contribution is -0.123. The van der Waals surface area contributed by atoms with Gasteiger partial charge in [0.15, 0.2) is 6.61 Å². The first kappa shape index (κ1) is 16.0.